The second kappa shape index (κ2) is 4.78. The van der Waals surface area contributed by atoms with E-state index in [0.29, 0.717) is 11.7 Å². The standard InChI is InChI=1S/C16H19N3O/c1-4-11-13(9-10(2)3)18-16-17-12-7-5-6-8-14(12)19(16)15(11)20/h5-8,10H,4,9H2,1-3H3,(H,17,18). The van der Waals surface area contributed by atoms with Gasteiger partial charge in [0.15, 0.2) is 0 Å². The van der Waals surface area contributed by atoms with Gasteiger partial charge in [-0.25, -0.2) is 9.38 Å². The van der Waals surface area contributed by atoms with E-state index in [4.69, 9.17) is 4.98 Å². The Morgan fingerprint density at radius 2 is 2.05 bits per heavy atom. The van der Waals surface area contributed by atoms with Gasteiger partial charge in [0.1, 0.15) is 0 Å². The van der Waals surface area contributed by atoms with Gasteiger partial charge >= 0.3 is 0 Å². The number of rotatable bonds is 3. The maximum absolute atomic E-state index is 12.7. The maximum atomic E-state index is 12.7. The summed E-state index contributed by atoms with van der Waals surface area (Å²) < 4.78 is 1.69. The lowest BCUT2D eigenvalue weighted by molar-refractivity contribution is 0.628. The predicted octanol–water partition coefficient (Wildman–Crippen LogP) is 2.94. The van der Waals surface area contributed by atoms with Crippen LogP contribution < -0.4 is 5.56 Å². The SMILES string of the molecule is CCc1c(CC(C)C)nc2[nH]c3ccccc3n2c1=O. The summed E-state index contributed by atoms with van der Waals surface area (Å²) in [7, 11) is 0. The Labute approximate surface area is 117 Å². The van der Waals surface area contributed by atoms with Crippen molar-refractivity contribution >= 4 is 16.8 Å². The Bertz CT molecular complexity index is 827. The summed E-state index contributed by atoms with van der Waals surface area (Å²) in [5.74, 6) is 1.13. The minimum atomic E-state index is 0.0607. The van der Waals surface area contributed by atoms with Crippen LogP contribution in [-0.2, 0) is 12.8 Å². The molecule has 0 spiro atoms. The third kappa shape index (κ3) is 1.92. The first kappa shape index (κ1) is 12.9. The zero-order valence-electron chi connectivity index (χ0n) is 12.1. The van der Waals surface area contributed by atoms with Crippen LogP contribution in [0.4, 0.5) is 0 Å². The number of aromatic amines is 1. The number of nitrogens with zero attached hydrogens (tertiary/aromatic N) is 2. The molecule has 2 aromatic heterocycles. The molecule has 0 aliphatic rings. The molecule has 3 aromatic rings. The molecule has 0 amide bonds. The van der Waals surface area contributed by atoms with Gasteiger partial charge in [-0.2, -0.15) is 0 Å². The normalized spacial score (nSPS) is 11.8. The smallest absolute Gasteiger partial charge is 0.263 e. The van der Waals surface area contributed by atoms with Crippen LogP contribution in [0.3, 0.4) is 0 Å². The van der Waals surface area contributed by atoms with Crippen LogP contribution in [0.1, 0.15) is 32.0 Å². The monoisotopic (exact) mass is 269 g/mol. The van der Waals surface area contributed by atoms with Gasteiger partial charge in [0.05, 0.1) is 16.7 Å². The van der Waals surface area contributed by atoms with Gasteiger partial charge in [0, 0.05) is 5.56 Å². The number of hydrogen-bond donors (Lipinski definition) is 1. The molecule has 0 aliphatic heterocycles. The first-order chi connectivity index (χ1) is 9.61. The largest absolute Gasteiger partial charge is 0.323 e. The molecule has 1 aromatic carbocycles. The highest BCUT2D eigenvalue weighted by Crippen LogP contribution is 2.16. The maximum Gasteiger partial charge on any atom is 0.263 e. The molecule has 0 saturated carbocycles. The molecule has 0 bridgehead atoms. The highest BCUT2D eigenvalue weighted by Gasteiger charge is 2.15. The van der Waals surface area contributed by atoms with Gasteiger partial charge in [-0.1, -0.05) is 32.9 Å². The average molecular weight is 269 g/mol. The first-order valence-corrected chi connectivity index (χ1v) is 7.13. The fourth-order valence-electron chi connectivity index (χ4n) is 2.71. The van der Waals surface area contributed by atoms with Crippen LogP contribution in [0.5, 0.6) is 0 Å². The molecule has 1 N–H and O–H groups in total. The summed E-state index contributed by atoms with van der Waals surface area (Å²) in [6.45, 7) is 6.31. The van der Waals surface area contributed by atoms with Crippen molar-refractivity contribution in [3.8, 4) is 0 Å². The zero-order valence-corrected chi connectivity index (χ0v) is 12.1. The Kier molecular flexibility index (Phi) is 3.08. The van der Waals surface area contributed by atoms with Crippen molar-refractivity contribution in [2.45, 2.75) is 33.6 Å². The van der Waals surface area contributed by atoms with Crippen molar-refractivity contribution in [2.24, 2.45) is 5.92 Å². The molecule has 3 rings (SSSR count). The van der Waals surface area contributed by atoms with Crippen LogP contribution in [0, 0.1) is 5.92 Å². The Morgan fingerprint density at radius 1 is 1.30 bits per heavy atom. The number of imidazole rings is 1. The second-order valence-electron chi connectivity index (χ2n) is 5.59. The number of H-pyrrole nitrogens is 1. The molecule has 0 aliphatic carbocycles. The van der Waals surface area contributed by atoms with E-state index in [-0.39, 0.29) is 5.56 Å². The third-order valence-electron chi connectivity index (χ3n) is 3.61. The molecule has 0 unspecified atom stereocenters. The van der Waals surface area contributed by atoms with Gasteiger partial charge in [0.25, 0.3) is 5.56 Å². The summed E-state index contributed by atoms with van der Waals surface area (Å²) in [5.41, 5.74) is 3.66. The van der Waals surface area contributed by atoms with Gasteiger partial charge in [0.2, 0.25) is 5.78 Å². The minimum Gasteiger partial charge on any atom is -0.323 e. The molecule has 4 nitrogen and oxygen atoms in total. The van der Waals surface area contributed by atoms with Crippen molar-refractivity contribution in [3.63, 3.8) is 0 Å². The van der Waals surface area contributed by atoms with Gasteiger partial charge < -0.3 is 4.98 Å². The molecule has 2 heterocycles. The van der Waals surface area contributed by atoms with E-state index in [1.165, 1.54) is 0 Å². The molecule has 0 radical (unpaired) electrons. The summed E-state index contributed by atoms with van der Waals surface area (Å²) in [6.07, 6.45) is 1.56. The lowest BCUT2D eigenvalue weighted by Gasteiger charge is -2.09. The van der Waals surface area contributed by atoms with E-state index < -0.39 is 0 Å². The molecule has 0 saturated heterocycles. The van der Waals surface area contributed by atoms with Crippen LogP contribution in [0.25, 0.3) is 16.8 Å². The van der Waals surface area contributed by atoms with Gasteiger partial charge in [-0.05, 0) is 30.9 Å². The molecule has 4 heteroatoms. The van der Waals surface area contributed by atoms with Crippen molar-refractivity contribution in [3.05, 3.63) is 45.9 Å². The summed E-state index contributed by atoms with van der Waals surface area (Å²) in [6, 6.07) is 7.81. The molecule has 104 valence electrons. The highest BCUT2D eigenvalue weighted by molar-refractivity contribution is 5.79. The molecular formula is C16H19N3O. The van der Waals surface area contributed by atoms with Gasteiger partial charge in [-0.3, -0.25) is 4.79 Å². The van der Waals surface area contributed by atoms with Crippen LogP contribution >= 0.6 is 0 Å². The molecule has 0 fully saturated rings. The lowest BCUT2D eigenvalue weighted by Crippen LogP contribution is -2.22. The van der Waals surface area contributed by atoms with Crippen LogP contribution in [-0.4, -0.2) is 14.4 Å². The molecule has 0 atom stereocenters. The number of para-hydroxylation sites is 2. The van der Waals surface area contributed by atoms with E-state index in [1.54, 1.807) is 4.40 Å². The summed E-state index contributed by atoms with van der Waals surface area (Å²) in [5, 5.41) is 0. The quantitative estimate of drug-likeness (QED) is 0.794. The lowest BCUT2D eigenvalue weighted by atomic mass is 10.0. The van der Waals surface area contributed by atoms with E-state index in [0.717, 1.165) is 35.1 Å². The van der Waals surface area contributed by atoms with Crippen molar-refractivity contribution in [2.75, 3.05) is 0 Å². The number of hydrogen-bond acceptors (Lipinski definition) is 2. The first-order valence-electron chi connectivity index (χ1n) is 7.13. The van der Waals surface area contributed by atoms with Crippen molar-refractivity contribution < 1.29 is 0 Å². The zero-order chi connectivity index (χ0) is 14.3. The topological polar surface area (TPSA) is 50.2 Å². The van der Waals surface area contributed by atoms with Gasteiger partial charge in [-0.15, -0.1) is 0 Å². The van der Waals surface area contributed by atoms with Crippen LogP contribution in [0.2, 0.25) is 0 Å². The van der Waals surface area contributed by atoms with E-state index >= 15 is 0 Å². The van der Waals surface area contributed by atoms with Crippen LogP contribution in [0.15, 0.2) is 29.1 Å². The number of nitrogens with one attached hydrogen (secondary N) is 1. The highest BCUT2D eigenvalue weighted by atomic mass is 16.1. The van der Waals surface area contributed by atoms with E-state index in [2.05, 4.69) is 18.8 Å². The summed E-state index contributed by atoms with van der Waals surface area (Å²) in [4.78, 5) is 20.7. The fourth-order valence-corrected chi connectivity index (χ4v) is 2.71. The van der Waals surface area contributed by atoms with E-state index in [1.807, 2.05) is 31.2 Å². The fraction of sp³-hybridized carbons (Fsp3) is 0.375. The number of aromatic nitrogens is 3. The predicted molar refractivity (Wildman–Crippen MR) is 81.2 cm³/mol. The Hall–Kier alpha value is -2.10. The Morgan fingerprint density at radius 3 is 2.75 bits per heavy atom. The van der Waals surface area contributed by atoms with E-state index in [9.17, 15) is 4.79 Å². The average Bonchev–Trinajstić information content (AvgIpc) is 2.76. The summed E-state index contributed by atoms with van der Waals surface area (Å²) >= 11 is 0. The van der Waals surface area contributed by atoms with Crippen molar-refractivity contribution in [1.82, 2.24) is 14.4 Å². The minimum absolute atomic E-state index is 0.0607. The second-order valence-corrected chi connectivity index (χ2v) is 5.59. The Balaban J connectivity index is 2.39. The third-order valence-corrected chi connectivity index (χ3v) is 3.61. The van der Waals surface area contributed by atoms with Crippen molar-refractivity contribution in [1.29, 1.82) is 0 Å². The number of fused-ring (bicyclic) bond motifs is 3. The molecular weight excluding hydrogens is 250 g/mol. The number of benzene rings is 1. The molecule has 20 heavy (non-hydrogen) atoms.